The van der Waals surface area contributed by atoms with E-state index < -0.39 is 0 Å². The van der Waals surface area contributed by atoms with Crippen molar-refractivity contribution in [3.63, 3.8) is 0 Å². The highest BCUT2D eigenvalue weighted by atomic mass is 15.0. The quantitative estimate of drug-likeness (QED) is 0.407. The van der Waals surface area contributed by atoms with E-state index in [1.165, 1.54) is 5.56 Å². The molecule has 0 saturated heterocycles. The zero-order chi connectivity index (χ0) is 21.4. The van der Waals surface area contributed by atoms with Gasteiger partial charge in [-0.3, -0.25) is 4.98 Å². The van der Waals surface area contributed by atoms with Crippen LogP contribution in [0, 0.1) is 0 Å². The highest BCUT2D eigenvalue weighted by molar-refractivity contribution is 5.82. The first-order chi connectivity index (χ1) is 14.2. The minimum absolute atomic E-state index is 0.0150. The van der Waals surface area contributed by atoms with Gasteiger partial charge in [-0.05, 0) is 83.0 Å². The molecule has 0 aliphatic heterocycles. The fourth-order valence-electron chi connectivity index (χ4n) is 3.82. The van der Waals surface area contributed by atoms with Gasteiger partial charge in [-0.2, -0.15) is 0 Å². The van der Waals surface area contributed by atoms with Crippen LogP contribution in [0.25, 0.3) is 21.8 Å². The molecule has 0 atom stereocenters. The van der Waals surface area contributed by atoms with Crippen LogP contribution in [0.1, 0.15) is 40.2 Å². The molecule has 4 rings (SSSR count). The third-order valence-corrected chi connectivity index (χ3v) is 4.99. The van der Waals surface area contributed by atoms with Crippen LogP contribution >= 0.6 is 0 Å². The van der Waals surface area contributed by atoms with E-state index in [2.05, 4.69) is 98.8 Å². The van der Waals surface area contributed by atoms with E-state index in [0.29, 0.717) is 0 Å². The Morgan fingerprint density at radius 3 is 2.30 bits per heavy atom. The smallest absolute Gasteiger partial charge is 0.127 e. The summed E-state index contributed by atoms with van der Waals surface area (Å²) in [6, 6.07) is 21.2. The van der Waals surface area contributed by atoms with E-state index in [0.717, 1.165) is 39.7 Å². The molecule has 2 N–H and O–H groups in total. The Balaban J connectivity index is 1.55. The van der Waals surface area contributed by atoms with E-state index in [-0.39, 0.29) is 11.1 Å². The Morgan fingerprint density at radius 2 is 1.50 bits per heavy atom. The van der Waals surface area contributed by atoms with Gasteiger partial charge < -0.3 is 10.6 Å². The topological polar surface area (TPSA) is 49.8 Å². The average molecular weight is 399 g/mol. The second kappa shape index (κ2) is 7.60. The predicted octanol–water partition coefficient (Wildman–Crippen LogP) is 6.43. The summed E-state index contributed by atoms with van der Waals surface area (Å²) in [4.78, 5) is 9.30. The van der Waals surface area contributed by atoms with Gasteiger partial charge in [0.25, 0.3) is 0 Å². The van der Waals surface area contributed by atoms with Crippen LogP contribution in [0.15, 0.2) is 66.9 Å². The lowest BCUT2D eigenvalue weighted by Crippen LogP contribution is -2.33. The van der Waals surface area contributed by atoms with Crippen LogP contribution in [0.2, 0.25) is 0 Å². The minimum atomic E-state index is -0.114. The van der Waals surface area contributed by atoms with Crippen LogP contribution in [-0.4, -0.2) is 21.0 Å². The normalized spacial score (nSPS) is 12.3. The third-order valence-electron chi connectivity index (χ3n) is 4.99. The number of hydrogen-bond acceptors (Lipinski definition) is 4. The van der Waals surface area contributed by atoms with Gasteiger partial charge >= 0.3 is 0 Å². The number of aromatic nitrogens is 2. The molecule has 0 bridgehead atoms. The molecule has 0 spiro atoms. The lowest BCUT2D eigenvalue weighted by atomic mass is 9.93. The molecule has 4 nitrogen and oxygen atoms in total. The highest BCUT2D eigenvalue weighted by Crippen LogP contribution is 2.25. The van der Waals surface area contributed by atoms with E-state index in [1.54, 1.807) is 0 Å². The van der Waals surface area contributed by atoms with Gasteiger partial charge in [-0.15, -0.1) is 0 Å². The zero-order valence-corrected chi connectivity index (χ0v) is 18.5. The summed E-state index contributed by atoms with van der Waals surface area (Å²) in [7, 11) is 0. The number of rotatable bonds is 5. The van der Waals surface area contributed by atoms with Gasteiger partial charge in [-0.1, -0.05) is 24.3 Å². The van der Waals surface area contributed by atoms with Gasteiger partial charge in [0.2, 0.25) is 0 Å². The predicted molar refractivity (Wildman–Crippen MR) is 128 cm³/mol. The molecule has 4 aromatic rings. The van der Waals surface area contributed by atoms with Gasteiger partial charge in [0.15, 0.2) is 0 Å². The van der Waals surface area contributed by atoms with Crippen LogP contribution < -0.4 is 10.6 Å². The molecule has 154 valence electrons. The Kier molecular flexibility index (Phi) is 5.10. The molecule has 2 heterocycles. The fourth-order valence-corrected chi connectivity index (χ4v) is 3.82. The summed E-state index contributed by atoms with van der Waals surface area (Å²) in [5.74, 6) is 0.910. The molecule has 2 aromatic heterocycles. The molecule has 0 aliphatic rings. The number of pyridine rings is 2. The molecule has 0 amide bonds. The third kappa shape index (κ3) is 4.88. The number of nitrogens with one attached hydrogen (secondary N) is 2. The van der Waals surface area contributed by atoms with Crippen molar-refractivity contribution in [3.05, 3.63) is 72.4 Å². The second-order valence-corrected chi connectivity index (χ2v) is 9.70. The van der Waals surface area contributed by atoms with Crippen molar-refractivity contribution in [1.29, 1.82) is 0 Å². The number of nitrogens with zero attached hydrogens (tertiary/aromatic N) is 2. The number of fused-ring (bicyclic) bond motifs is 2. The van der Waals surface area contributed by atoms with Crippen molar-refractivity contribution in [2.24, 2.45) is 0 Å². The van der Waals surface area contributed by atoms with Crippen LogP contribution in [0.3, 0.4) is 0 Å². The molecule has 4 heteroatoms. The van der Waals surface area contributed by atoms with Crippen molar-refractivity contribution in [2.45, 2.75) is 52.1 Å². The highest BCUT2D eigenvalue weighted by Gasteiger charge is 2.19. The van der Waals surface area contributed by atoms with Gasteiger partial charge in [0, 0.05) is 33.7 Å². The fraction of sp³-hybridized carbons (Fsp3) is 0.308. The summed E-state index contributed by atoms with van der Waals surface area (Å²) in [5.41, 5.74) is 4.25. The van der Waals surface area contributed by atoms with E-state index >= 15 is 0 Å². The van der Waals surface area contributed by atoms with E-state index in [9.17, 15) is 0 Å². The van der Waals surface area contributed by atoms with Crippen molar-refractivity contribution < 1.29 is 0 Å². The summed E-state index contributed by atoms with van der Waals surface area (Å²) >= 11 is 0. The number of hydrogen-bond donors (Lipinski definition) is 2. The molecule has 2 aromatic carbocycles. The Labute approximate surface area is 178 Å². The van der Waals surface area contributed by atoms with Crippen LogP contribution in [-0.2, 0) is 6.42 Å². The first-order valence-electron chi connectivity index (χ1n) is 10.5. The maximum atomic E-state index is 4.83. The maximum absolute atomic E-state index is 4.83. The summed E-state index contributed by atoms with van der Waals surface area (Å²) in [6.07, 6.45) is 2.73. The molecule has 0 saturated carbocycles. The van der Waals surface area contributed by atoms with Gasteiger partial charge in [0.1, 0.15) is 5.82 Å². The lowest BCUT2D eigenvalue weighted by Gasteiger charge is -2.28. The Bertz CT molecular complexity index is 1190. The molecular weight excluding hydrogens is 368 g/mol. The van der Waals surface area contributed by atoms with Crippen molar-refractivity contribution >= 4 is 33.3 Å². The maximum Gasteiger partial charge on any atom is 0.127 e. The molecule has 0 fully saturated rings. The van der Waals surface area contributed by atoms with Gasteiger partial charge in [0.05, 0.1) is 11.0 Å². The number of benzene rings is 2. The van der Waals surface area contributed by atoms with Crippen molar-refractivity contribution in [2.75, 3.05) is 10.6 Å². The monoisotopic (exact) mass is 398 g/mol. The zero-order valence-electron chi connectivity index (χ0n) is 18.5. The van der Waals surface area contributed by atoms with Crippen molar-refractivity contribution in [3.8, 4) is 0 Å². The average Bonchev–Trinajstić information content (AvgIpc) is 2.65. The SMILES string of the molecule is CC(C)(C)Nc1ccc2ccc(CC(C)(C)Nc3ccc4cccnc4c3)cc2n1. The summed E-state index contributed by atoms with van der Waals surface area (Å²) in [5, 5.41) is 9.45. The second-order valence-electron chi connectivity index (χ2n) is 9.70. The Hall–Kier alpha value is -3.14. The molecule has 0 unspecified atom stereocenters. The summed E-state index contributed by atoms with van der Waals surface area (Å²) in [6.45, 7) is 10.9. The first-order valence-corrected chi connectivity index (χ1v) is 10.5. The largest absolute Gasteiger partial charge is 0.380 e. The number of anilines is 2. The Morgan fingerprint density at radius 1 is 0.767 bits per heavy atom. The lowest BCUT2D eigenvalue weighted by molar-refractivity contribution is 0.564. The molecule has 30 heavy (non-hydrogen) atoms. The van der Waals surface area contributed by atoms with Crippen LogP contribution in [0.4, 0.5) is 11.5 Å². The minimum Gasteiger partial charge on any atom is -0.380 e. The molecule has 0 aliphatic carbocycles. The van der Waals surface area contributed by atoms with Gasteiger partial charge in [-0.25, -0.2) is 4.98 Å². The molecular formula is C26H30N4. The van der Waals surface area contributed by atoms with Crippen LogP contribution in [0.5, 0.6) is 0 Å². The molecule has 0 radical (unpaired) electrons. The van der Waals surface area contributed by atoms with E-state index in [4.69, 9.17) is 4.98 Å². The van der Waals surface area contributed by atoms with E-state index in [1.807, 2.05) is 18.3 Å². The standard InChI is InChI=1S/C26H30N4/c1-25(2,3)30-24-13-11-20-9-8-18(15-23(20)28-24)17-26(4,5)29-21-12-10-19-7-6-14-27-22(19)16-21/h6-16,29H,17H2,1-5H3,(H,28,30). The first kappa shape index (κ1) is 20.1. The summed E-state index contributed by atoms with van der Waals surface area (Å²) < 4.78 is 0. The van der Waals surface area contributed by atoms with Crippen molar-refractivity contribution in [1.82, 2.24) is 9.97 Å².